The highest BCUT2D eigenvalue weighted by molar-refractivity contribution is 5.80. The van der Waals surface area contributed by atoms with Crippen molar-refractivity contribution in [1.29, 1.82) is 0 Å². The lowest BCUT2D eigenvalue weighted by atomic mass is 10.2. The number of nitrogens with one attached hydrogen (secondary N) is 2. The van der Waals surface area contributed by atoms with Crippen molar-refractivity contribution in [1.82, 2.24) is 10.6 Å². The Morgan fingerprint density at radius 1 is 1.75 bits per heavy atom. The zero-order valence-corrected chi connectivity index (χ0v) is 7.59. The Bertz CT molecular complexity index is 155. The van der Waals surface area contributed by atoms with E-state index in [0.29, 0.717) is 0 Å². The zero-order chi connectivity index (χ0) is 8.97. The van der Waals surface area contributed by atoms with Crippen molar-refractivity contribution in [2.75, 3.05) is 20.2 Å². The Balaban J connectivity index is 2.25. The molecule has 12 heavy (non-hydrogen) atoms. The molecule has 0 aromatic carbocycles. The summed E-state index contributed by atoms with van der Waals surface area (Å²) in [5.74, 6) is -0.0220. The van der Waals surface area contributed by atoms with Crippen LogP contribution in [-0.2, 0) is 9.53 Å². The molecular formula is C8H16N2O2. The van der Waals surface area contributed by atoms with E-state index in [0.717, 1.165) is 19.5 Å². The number of amides is 1. The van der Waals surface area contributed by atoms with Crippen LogP contribution in [0.4, 0.5) is 0 Å². The van der Waals surface area contributed by atoms with Gasteiger partial charge >= 0.3 is 0 Å². The van der Waals surface area contributed by atoms with E-state index in [2.05, 4.69) is 10.6 Å². The maximum atomic E-state index is 11.3. The first-order valence-electron chi connectivity index (χ1n) is 4.28. The number of hydrogen-bond donors (Lipinski definition) is 2. The number of rotatable bonds is 3. The quantitative estimate of drug-likeness (QED) is 0.603. The van der Waals surface area contributed by atoms with E-state index in [-0.39, 0.29) is 18.1 Å². The molecule has 0 bridgehead atoms. The summed E-state index contributed by atoms with van der Waals surface area (Å²) in [7, 11) is 1.54. The van der Waals surface area contributed by atoms with Gasteiger partial charge in [0.1, 0.15) is 6.10 Å². The second-order valence-corrected chi connectivity index (χ2v) is 3.08. The molecule has 1 unspecified atom stereocenters. The number of ether oxygens (including phenoxy) is 1. The van der Waals surface area contributed by atoms with Gasteiger partial charge in [-0.25, -0.2) is 0 Å². The Kier molecular flexibility index (Phi) is 3.49. The van der Waals surface area contributed by atoms with Gasteiger partial charge in [0.2, 0.25) is 5.91 Å². The third-order valence-corrected chi connectivity index (χ3v) is 2.13. The van der Waals surface area contributed by atoms with Crippen LogP contribution in [0.15, 0.2) is 0 Å². The van der Waals surface area contributed by atoms with Crippen LogP contribution < -0.4 is 10.6 Å². The van der Waals surface area contributed by atoms with Gasteiger partial charge in [0.15, 0.2) is 0 Å². The summed E-state index contributed by atoms with van der Waals surface area (Å²) in [6.07, 6.45) is 0.674. The van der Waals surface area contributed by atoms with E-state index in [1.165, 1.54) is 7.11 Å². The lowest BCUT2D eigenvalue weighted by Crippen LogP contribution is -2.41. The number of methoxy groups -OCH3 is 1. The SMILES string of the molecule is COC(C)C(=O)N[C@@H]1CCNC1. The molecule has 1 rings (SSSR count). The van der Waals surface area contributed by atoms with E-state index in [1.54, 1.807) is 6.92 Å². The largest absolute Gasteiger partial charge is 0.372 e. The van der Waals surface area contributed by atoms with Gasteiger partial charge in [0, 0.05) is 19.7 Å². The van der Waals surface area contributed by atoms with Crippen LogP contribution in [0.2, 0.25) is 0 Å². The topological polar surface area (TPSA) is 50.4 Å². The molecule has 70 valence electrons. The lowest BCUT2D eigenvalue weighted by Gasteiger charge is -2.14. The fraction of sp³-hybridized carbons (Fsp3) is 0.875. The van der Waals surface area contributed by atoms with Gasteiger partial charge < -0.3 is 15.4 Å². The second kappa shape index (κ2) is 4.42. The first-order chi connectivity index (χ1) is 5.74. The first-order valence-corrected chi connectivity index (χ1v) is 4.28. The van der Waals surface area contributed by atoms with Crippen molar-refractivity contribution < 1.29 is 9.53 Å². The van der Waals surface area contributed by atoms with Gasteiger partial charge in [-0.15, -0.1) is 0 Å². The predicted octanol–water partition coefficient (Wildman–Crippen LogP) is -0.501. The van der Waals surface area contributed by atoms with Gasteiger partial charge in [-0.05, 0) is 19.9 Å². The molecule has 1 aliphatic heterocycles. The van der Waals surface area contributed by atoms with Gasteiger partial charge in [-0.2, -0.15) is 0 Å². The standard InChI is InChI=1S/C8H16N2O2/c1-6(12-2)8(11)10-7-3-4-9-5-7/h6-7,9H,3-5H2,1-2H3,(H,10,11)/t6?,7-/m1/s1. The summed E-state index contributed by atoms with van der Waals surface area (Å²) >= 11 is 0. The Morgan fingerprint density at radius 2 is 2.50 bits per heavy atom. The number of hydrogen-bond acceptors (Lipinski definition) is 3. The van der Waals surface area contributed by atoms with Gasteiger partial charge in [-0.1, -0.05) is 0 Å². The van der Waals surface area contributed by atoms with Crippen LogP contribution in [0, 0.1) is 0 Å². The molecule has 1 amide bonds. The zero-order valence-electron chi connectivity index (χ0n) is 7.59. The number of carbonyl (C=O) groups is 1. The highest BCUT2D eigenvalue weighted by atomic mass is 16.5. The van der Waals surface area contributed by atoms with Crippen LogP contribution >= 0.6 is 0 Å². The Labute approximate surface area is 72.7 Å². The van der Waals surface area contributed by atoms with Gasteiger partial charge in [0.05, 0.1) is 0 Å². The molecule has 0 aromatic heterocycles. The summed E-state index contributed by atoms with van der Waals surface area (Å²) in [6.45, 7) is 3.62. The molecule has 1 fully saturated rings. The van der Waals surface area contributed by atoms with Crippen LogP contribution in [0.3, 0.4) is 0 Å². The average molecular weight is 172 g/mol. The van der Waals surface area contributed by atoms with Crippen molar-refractivity contribution in [2.45, 2.75) is 25.5 Å². The Hall–Kier alpha value is -0.610. The summed E-state index contributed by atoms with van der Waals surface area (Å²) in [5, 5.41) is 6.08. The number of carbonyl (C=O) groups excluding carboxylic acids is 1. The maximum absolute atomic E-state index is 11.3. The molecule has 0 aliphatic carbocycles. The Morgan fingerprint density at radius 3 is 3.00 bits per heavy atom. The van der Waals surface area contributed by atoms with Crippen LogP contribution in [-0.4, -0.2) is 38.3 Å². The molecule has 0 saturated carbocycles. The van der Waals surface area contributed by atoms with Crippen LogP contribution in [0.1, 0.15) is 13.3 Å². The smallest absolute Gasteiger partial charge is 0.249 e. The molecule has 1 saturated heterocycles. The molecule has 1 heterocycles. The van der Waals surface area contributed by atoms with Gasteiger partial charge in [0.25, 0.3) is 0 Å². The highest BCUT2D eigenvalue weighted by Crippen LogP contribution is 1.98. The van der Waals surface area contributed by atoms with Crippen molar-refractivity contribution in [3.05, 3.63) is 0 Å². The molecule has 0 aromatic rings. The van der Waals surface area contributed by atoms with E-state index >= 15 is 0 Å². The molecule has 0 radical (unpaired) electrons. The summed E-state index contributed by atoms with van der Waals surface area (Å²) < 4.78 is 4.89. The first kappa shape index (κ1) is 9.48. The van der Waals surface area contributed by atoms with E-state index < -0.39 is 0 Å². The van der Waals surface area contributed by atoms with Crippen molar-refractivity contribution in [2.24, 2.45) is 0 Å². The fourth-order valence-electron chi connectivity index (χ4n) is 1.20. The average Bonchev–Trinajstić information content (AvgIpc) is 2.55. The molecule has 1 aliphatic rings. The van der Waals surface area contributed by atoms with Crippen molar-refractivity contribution >= 4 is 5.91 Å². The van der Waals surface area contributed by atoms with Crippen molar-refractivity contribution in [3.63, 3.8) is 0 Å². The molecule has 0 spiro atoms. The predicted molar refractivity (Wildman–Crippen MR) is 45.9 cm³/mol. The molecule has 4 heteroatoms. The summed E-state index contributed by atoms with van der Waals surface area (Å²) in [6, 6.07) is 0.287. The lowest BCUT2D eigenvalue weighted by molar-refractivity contribution is -0.130. The van der Waals surface area contributed by atoms with Gasteiger partial charge in [-0.3, -0.25) is 4.79 Å². The summed E-state index contributed by atoms with van der Waals surface area (Å²) in [4.78, 5) is 11.3. The third-order valence-electron chi connectivity index (χ3n) is 2.13. The summed E-state index contributed by atoms with van der Waals surface area (Å²) in [5.41, 5.74) is 0. The van der Waals surface area contributed by atoms with Crippen LogP contribution in [0.5, 0.6) is 0 Å². The molecular weight excluding hydrogens is 156 g/mol. The van der Waals surface area contributed by atoms with E-state index in [4.69, 9.17) is 4.74 Å². The van der Waals surface area contributed by atoms with Crippen molar-refractivity contribution in [3.8, 4) is 0 Å². The molecule has 4 nitrogen and oxygen atoms in total. The third kappa shape index (κ3) is 2.46. The highest BCUT2D eigenvalue weighted by Gasteiger charge is 2.19. The van der Waals surface area contributed by atoms with Crippen LogP contribution in [0.25, 0.3) is 0 Å². The minimum Gasteiger partial charge on any atom is -0.372 e. The minimum absolute atomic E-state index is 0.0220. The monoisotopic (exact) mass is 172 g/mol. The normalized spacial score (nSPS) is 25.3. The maximum Gasteiger partial charge on any atom is 0.249 e. The fourth-order valence-corrected chi connectivity index (χ4v) is 1.20. The second-order valence-electron chi connectivity index (χ2n) is 3.08. The van der Waals surface area contributed by atoms with E-state index in [9.17, 15) is 4.79 Å². The molecule has 2 N–H and O–H groups in total. The molecule has 2 atom stereocenters. The minimum atomic E-state index is -0.342. The van der Waals surface area contributed by atoms with E-state index in [1.807, 2.05) is 0 Å².